The SMILES string of the molecule is CCCCCn1c(O)cc(=O)n(Sc2ccccn2)c1=O. The maximum absolute atomic E-state index is 12.3. The van der Waals surface area contributed by atoms with Crippen LogP contribution in [0.5, 0.6) is 5.88 Å². The Morgan fingerprint density at radius 1 is 1.29 bits per heavy atom. The zero-order valence-corrected chi connectivity index (χ0v) is 12.5. The highest BCUT2D eigenvalue weighted by molar-refractivity contribution is 7.97. The summed E-state index contributed by atoms with van der Waals surface area (Å²) in [6, 6.07) is 6.31. The van der Waals surface area contributed by atoms with Gasteiger partial charge in [-0.15, -0.1) is 0 Å². The zero-order chi connectivity index (χ0) is 15.2. The van der Waals surface area contributed by atoms with Crippen LogP contribution in [-0.2, 0) is 6.54 Å². The minimum absolute atomic E-state index is 0.293. The molecule has 0 bridgehead atoms. The van der Waals surface area contributed by atoms with Gasteiger partial charge < -0.3 is 5.11 Å². The van der Waals surface area contributed by atoms with E-state index in [-0.39, 0.29) is 5.88 Å². The lowest BCUT2D eigenvalue weighted by Gasteiger charge is -2.10. The molecule has 0 aromatic carbocycles. The third kappa shape index (κ3) is 3.75. The van der Waals surface area contributed by atoms with Crippen LogP contribution in [0.1, 0.15) is 26.2 Å². The molecule has 7 heteroatoms. The van der Waals surface area contributed by atoms with E-state index in [1.165, 1.54) is 4.57 Å². The van der Waals surface area contributed by atoms with Gasteiger partial charge in [-0.2, -0.15) is 3.97 Å². The van der Waals surface area contributed by atoms with Crippen LogP contribution in [0.2, 0.25) is 0 Å². The predicted molar refractivity (Wildman–Crippen MR) is 81.6 cm³/mol. The first-order valence-corrected chi connectivity index (χ1v) is 7.56. The van der Waals surface area contributed by atoms with Crippen molar-refractivity contribution < 1.29 is 5.11 Å². The van der Waals surface area contributed by atoms with Crippen molar-refractivity contribution >= 4 is 11.9 Å². The molecule has 0 aliphatic carbocycles. The van der Waals surface area contributed by atoms with E-state index >= 15 is 0 Å². The van der Waals surface area contributed by atoms with Crippen LogP contribution < -0.4 is 11.2 Å². The number of unbranched alkanes of at least 4 members (excludes halogenated alkanes) is 2. The lowest BCUT2D eigenvalue weighted by atomic mass is 10.2. The molecule has 2 heterocycles. The summed E-state index contributed by atoms with van der Waals surface area (Å²) in [5.41, 5.74) is -1.09. The predicted octanol–water partition coefficient (Wildman–Crippen LogP) is 1.86. The first-order chi connectivity index (χ1) is 10.1. The van der Waals surface area contributed by atoms with Crippen molar-refractivity contribution in [2.24, 2.45) is 0 Å². The second kappa shape index (κ2) is 7.12. The van der Waals surface area contributed by atoms with Crippen molar-refractivity contribution in [3.8, 4) is 5.88 Å². The quantitative estimate of drug-likeness (QED) is 0.824. The molecular weight excluding hydrogens is 290 g/mol. The van der Waals surface area contributed by atoms with Gasteiger partial charge in [0.15, 0.2) is 0 Å². The molecule has 0 spiro atoms. The largest absolute Gasteiger partial charge is 0.494 e. The Morgan fingerprint density at radius 3 is 2.76 bits per heavy atom. The lowest BCUT2D eigenvalue weighted by Crippen LogP contribution is -2.36. The third-order valence-corrected chi connectivity index (χ3v) is 3.89. The Labute approximate surface area is 126 Å². The molecule has 112 valence electrons. The van der Waals surface area contributed by atoms with E-state index in [2.05, 4.69) is 11.9 Å². The van der Waals surface area contributed by atoms with Crippen molar-refractivity contribution in [3.05, 3.63) is 51.3 Å². The number of hydrogen-bond donors (Lipinski definition) is 1. The Bertz CT molecular complexity index is 710. The summed E-state index contributed by atoms with van der Waals surface area (Å²) in [6.45, 7) is 2.45. The molecule has 0 saturated heterocycles. The van der Waals surface area contributed by atoms with Crippen LogP contribution >= 0.6 is 11.9 Å². The molecule has 0 fully saturated rings. The average Bonchev–Trinajstić information content (AvgIpc) is 2.48. The Hall–Kier alpha value is -2.02. The molecule has 0 radical (unpaired) electrons. The van der Waals surface area contributed by atoms with Crippen molar-refractivity contribution in [2.75, 3.05) is 0 Å². The maximum Gasteiger partial charge on any atom is 0.344 e. The molecule has 0 atom stereocenters. The second-order valence-corrected chi connectivity index (χ2v) is 5.50. The first-order valence-electron chi connectivity index (χ1n) is 6.78. The molecule has 2 aromatic rings. The van der Waals surface area contributed by atoms with E-state index in [0.29, 0.717) is 11.6 Å². The van der Waals surface area contributed by atoms with Gasteiger partial charge in [0.05, 0.1) is 6.07 Å². The van der Waals surface area contributed by atoms with E-state index in [1.807, 2.05) is 0 Å². The molecule has 0 aliphatic rings. The van der Waals surface area contributed by atoms with Gasteiger partial charge >= 0.3 is 5.69 Å². The summed E-state index contributed by atoms with van der Waals surface area (Å²) in [5, 5.41) is 10.3. The standard InChI is InChI=1S/C14H17N3O3S/c1-2-3-6-9-16-12(18)10-13(19)17(14(16)20)21-11-7-4-5-8-15-11/h4-5,7-8,10,18H,2-3,6,9H2,1H3. The number of aromatic hydroxyl groups is 1. The molecule has 0 saturated carbocycles. The summed E-state index contributed by atoms with van der Waals surface area (Å²) >= 11 is 0.952. The minimum Gasteiger partial charge on any atom is -0.494 e. The number of pyridine rings is 1. The van der Waals surface area contributed by atoms with E-state index in [1.54, 1.807) is 24.4 Å². The molecule has 6 nitrogen and oxygen atoms in total. The van der Waals surface area contributed by atoms with Gasteiger partial charge in [0.2, 0.25) is 5.88 Å². The number of hydrogen-bond acceptors (Lipinski definition) is 5. The van der Waals surface area contributed by atoms with Crippen LogP contribution in [0, 0.1) is 0 Å². The molecule has 2 rings (SSSR count). The van der Waals surface area contributed by atoms with Crippen LogP contribution in [0.3, 0.4) is 0 Å². The van der Waals surface area contributed by atoms with Crippen molar-refractivity contribution in [1.29, 1.82) is 0 Å². The number of aromatic nitrogens is 3. The Kier molecular flexibility index (Phi) is 5.21. The number of rotatable bonds is 6. The third-order valence-electron chi connectivity index (χ3n) is 2.94. The van der Waals surface area contributed by atoms with Gasteiger partial charge in [0.1, 0.15) is 5.03 Å². The first kappa shape index (κ1) is 15.4. The Morgan fingerprint density at radius 2 is 2.10 bits per heavy atom. The minimum atomic E-state index is -0.556. The van der Waals surface area contributed by atoms with Gasteiger partial charge in [-0.25, -0.2) is 9.78 Å². The maximum atomic E-state index is 12.3. The zero-order valence-electron chi connectivity index (χ0n) is 11.7. The fourth-order valence-electron chi connectivity index (χ4n) is 1.86. The molecule has 1 N–H and O–H groups in total. The monoisotopic (exact) mass is 307 g/mol. The van der Waals surface area contributed by atoms with Crippen LogP contribution in [0.4, 0.5) is 0 Å². The highest BCUT2D eigenvalue weighted by atomic mass is 32.2. The fraction of sp³-hybridized carbons (Fsp3) is 0.357. The van der Waals surface area contributed by atoms with Gasteiger partial charge in [-0.1, -0.05) is 25.8 Å². The second-order valence-electron chi connectivity index (χ2n) is 4.54. The highest BCUT2D eigenvalue weighted by Gasteiger charge is 2.12. The van der Waals surface area contributed by atoms with Crippen LogP contribution in [0.15, 0.2) is 45.1 Å². The van der Waals surface area contributed by atoms with Crippen LogP contribution in [-0.4, -0.2) is 18.6 Å². The Balaban J connectivity index is 2.35. The summed E-state index contributed by atoms with van der Waals surface area (Å²) in [6.07, 6.45) is 4.33. The lowest BCUT2D eigenvalue weighted by molar-refractivity contribution is 0.392. The number of nitrogens with zero attached hydrogens (tertiary/aromatic N) is 3. The van der Waals surface area contributed by atoms with Crippen molar-refractivity contribution in [1.82, 2.24) is 13.5 Å². The summed E-state index contributed by atoms with van der Waals surface area (Å²) in [4.78, 5) is 28.3. The van der Waals surface area contributed by atoms with Gasteiger partial charge in [-0.3, -0.25) is 9.36 Å². The van der Waals surface area contributed by atoms with Gasteiger partial charge in [0, 0.05) is 24.7 Å². The van der Waals surface area contributed by atoms with Crippen molar-refractivity contribution in [3.63, 3.8) is 0 Å². The average molecular weight is 307 g/mol. The van der Waals surface area contributed by atoms with Crippen LogP contribution in [0.25, 0.3) is 0 Å². The van der Waals surface area contributed by atoms with E-state index < -0.39 is 11.2 Å². The molecular formula is C14H17N3O3S. The summed E-state index contributed by atoms with van der Waals surface area (Å²) < 4.78 is 2.22. The topological polar surface area (TPSA) is 77.1 Å². The van der Waals surface area contributed by atoms with E-state index in [4.69, 9.17) is 0 Å². The smallest absolute Gasteiger partial charge is 0.344 e. The molecule has 2 aromatic heterocycles. The molecule has 0 aliphatic heterocycles. The van der Waals surface area contributed by atoms with E-state index in [9.17, 15) is 14.7 Å². The molecule has 21 heavy (non-hydrogen) atoms. The molecule has 0 unspecified atom stereocenters. The van der Waals surface area contributed by atoms with Gasteiger partial charge in [0.25, 0.3) is 5.56 Å². The normalized spacial score (nSPS) is 10.7. The molecule has 0 amide bonds. The summed E-state index contributed by atoms with van der Waals surface area (Å²) in [7, 11) is 0. The van der Waals surface area contributed by atoms with Crippen molar-refractivity contribution in [2.45, 2.75) is 37.8 Å². The summed E-state index contributed by atoms with van der Waals surface area (Å²) in [5.74, 6) is -0.293. The van der Waals surface area contributed by atoms with Gasteiger partial charge in [-0.05, 0) is 18.6 Å². The fourth-order valence-corrected chi connectivity index (χ4v) is 2.61. The highest BCUT2D eigenvalue weighted by Crippen LogP contribution is 2.14. The van der Waals surface area contributed by atoms with E-state index in [0.717, 1.165) is 41.2 Å².